The topological polar surface area (TPSA) is 111 Å². The fourth-order valence-electron chi connectivity index (χ4n) is 4.86. The Labute approximate surface area is 213 Å². The van der Waals surface area contributed by atoms with Crippen LogP contribution in [0, 0.1) is 23.2 Å². The minimum absolute atomic E-state index is 0.0649. The van der Waals surface area contributed by atoms with E-state index in [1.165, 1.54) is 11.8 Å². The molecule has 1 aliphatic carbocycles. The highest BCUT2D eigenvalue weighted by molar-refractivity contribution is 8.00. The number of carbonyl (C=O) groups excluding carboxylic acids is 2. The van der Waals surface area contributed by atoms with Gasteiger partial charge in [-0.05, 0) is 56.9 Å². The SMILES string of the molecule is CC(C)N1CCN(C(=O)CSc2ccc(S(=O)(=O)C[C@@H]3CCCC[C@H]3C(=O)NCC#N)cc2)CC1. The molecule has 0 radical (unpaired) electrons. The maximum absolute atomic E-state index is 13.1. The van der Waals surface area contributed by atoms with Crippen LogP contribution < -0.4 is 5.32 Å². The van der Waals surface area contributed by atoms with E-state index in [9.17, 15) is 18.0 Å². The van der Waals surface area contributed by atoms with Gasteiger partial charge in [-0.1, -0.05) is 12.8 Å². The van der Waals surface area contributed by atoms with Gasteiger partial charge >= 0.3 is 0 Å². The molecule has 1 aliphatic heterocycles. The molecule has 1 saturated carbocycles. The van der Waals surface area contributed by atoms with Crippen LogP contribution in [-0.4, -0.2) is 80.3 Å². The molecule has 8 nitrogen and oxygen atoms in total. The van der Waals surface area contributed by atoms with Gasteiger partial charge in [0.2, 0.25) is 11.8 Å². The quantitative estimate of drug-likeness (QED) is 0.393. The molecule has 1 saturated heterocycles. The fraction of sp³-hybridized carbons (Fsp3) is 0.640. The fourth-order valence-corrected chi connectivity index (χ4v) is 7.36. The monoisotopic (exact) mass is 520 g/mol. The first-order valence-corrected chi connectivity index (χ1v) is 15.0. The Bertz CT molecular complexity index is 1010. The number of nitriles is 1. The number of hydrogen-bond acceptors (Lipinski definition) is 7. The highest BCUT2D eigenvalue weighted by Crippen LogP contribution is 2.33. The summed E-state index contributed by atoms with van der Waals surface area (Å²) in [5.41, 5.74) is 0. The zero-order valence-electron chi connectivity index (χ0n) is 20.6. The van der Waals surface area contributed by atoms with Crippen LogP contribution in [0.4, 0.5) is 0 Å². The van der Waals surface area contributed by atoms with Gasteiger partial charge < -0.3 is 10.2 Å². The van der Waals surface area contributed by atoms with Crippen LogP contribution in [0.5, 0.6) is 0 Å². The number of nitrogens with zero attached hydrogens (tertiary/aromatic N) is 3. The highest BCUT2D eigenvalue weighted by atomic mass is 32.2. The second-order valence-corrected chi connectivity index (χ2v) is 12.7. The Hall–Kier alpha value is -2.09. The van der Waals surface area contributed by atoms with Gasteiger partial charge in [0, 0.05) is 43.0 Å². The molecule has 35 heavy (non-hydrogen) atoms. The molecule has 192 valence electrons. The van der Waals surface area contributed by atoms with E-state index in [1.54, 1.807) is 24.3 Å². The second kappa shape index (κ2) is 12.7. The smallest absolute Gasteiger partial charge is 0.233 e. The number of carbonyl (C=O) groups is 2. The van der Waals surface area contributed by atoms with Crippen molar-refractivity contribution in [1.82, 2.24) is 15.1 Å². The summed E-state index contributed by atoms with van der Waals surface area (Å²) < 4.78 is 26.2. The van der Waals surface area contributed by atoms with Crippen molar-refractivity contribution in [3.63, 3.8) is 0 Å². The van der Waals surface area contributed by atoms with E-state index in [2.05, 4.69) is 24.1 Å². The van der Waals surface area contributed by atoms with Crippen LogP contribution in [0.25, 0.3) is 0 Å². The molecule has 1 aromatic rings. The van der Waals surface area contributed by atoms with Gasteiger partial charge in [-0.2, -0.15) is 5.26 Å². The van der Waals surface area contributed by atoms with Gasteiger partial charge in [-0.3, -0.25) is 14.5 Å². The highest BCUT2D eigenvalue weighted by Gasteiger charge is 2.34. The van der Waals surface area contributed by atoms with Crippen molar-refractivity contribution in [2.75, 3.05) is 44.2 Å². The Balaban J connectivity index is 1.54. The lowest BCUT2D eigenvalue weighted by Crippen LogP contribution is -2.51. The number of hydrogen-bond donors (Lipinski definition) is 1. The van der Waals surface area contributed by atoms with Gasteiger partial charge in [0.25, 0.3) is 0 Å². The zero-order valence-corrected chi connectivity index (χ0v) is 22.2. The molecule has 1 N–H and O–H groups in total. The van der Waals surface area contributed by atoms with E-state index in [0.717, 1.165) is 43.9 Å². The molecule has 1 aromatic carbocycles. The summed E-state index contributed by atoms with van der Waals surface area (Å²) >= 11 is 1.42. The normalized spacial score (nSPS) is 21.5. The summed E-state index contributed by atoms with van der Waals surface area (Å²) in [4.78, 5) is 30.4. The standard InChI is InChI=1S/C25H36N4O4S2/c1-19(2)28-13-15-29(16-14-28)24(30)17-34-21-7-9-22(10-8-21)35(32,33)18-20-5-3-4-6-23(20)25(31)27-12-11-26/h7-10,19-20,23H,3-6,12-18H2,1-2H3,(H,27,31)/t20-,23+/m0/s1. The number of benzene rings is 1. The zero-order chi connectivity index (χ0) is 25.4. The molecular formula is C25H36N4O4S2. The van der Waals surface area contributed by atoms with Crippen molar-refractivity contribution in [2.45, 2.75) is 55.4 Å². The predicted molar refractivity (Wildman–Crippen MR) is 137 cm³/mol. The van der Waals surface area contributed by atoms with E-state index in [0.29, 0.717) is 24.6 Å². The minimum Gasteiger partial charge on any atom is -0.343 e. The molecule has 2 aliphatic rings. The number of piperazine rings is 1. The Kier molecular flexibility index (Phi) is 10.0. The summed E-state index contributed by atoms with van der Waals surface area (Å²) in [6, 6.07) is 9.07. The van der Waals surface area contributed by atoms with Gasteiger partial charge in [0.05, 0.1) is 22.5 Å². The van der Waals surface area contributed by atoms with Gasteiger partial charge in [-0.15, -0.1) is 11.8 Å². The summed E-state index contributed by atoms with van der Waals surface area (Å²) in [7, 11) is -3.56. The van der Waals surface area contributed by atoms with E-state index < -0.39 is 9.84 Å². The molecule has 1 heterocycles. The van der Waals surface area contributed by atoms with Crippen LogP contribution in [-0.2, 0) is 19.4 Å². The summed E-state index contributed by atoms with van der Waals surface area (Å²) in [5, 5.41) is 11.3. The maximum Gasteiger partial charge on any atom is 0.233 e. The lowest BCUT2D eigenvalue weighted by molar-refractivity contribution is -0.130. The second-order valence-electron chi connectivity index (χ2n) is 9.58. The van der Waals surface area contributed by atoms with Crippen molar-refractivity contribution >= 4 is 33.4 Å². The summed E-state index contributed by atoms with van der Waals surface area (Å²) in [6.45, 7) is 7.53. The molecule has 2 atom stereocenters. The van der Waals surface area contributed by atoms with E-state index in [-0.39, 0.29) is 40.8 Å². The van der Waals surface area contributed by atoms with Crippen molar-refractivity contribution in [1.29, 1.82) is 5.26 Å². The van der Waals surface area contributed by atoms with Gasteiger partial charge in [0.1, 0.15) is 6.54 Å². The van der Waals surface area contributed by atoms with E-state index in [4.69, 9.17) is 5.26 Å². The van der Waals surface area contributed by atoms with E-state index in [1.807, 2.05) is 11.0 Å². The molecule has 0 spiro atoms. The maximum atomic E-state index is 13.1. The van der Waals surface area contributed by atoms with Crippen molar-refractivity contribution < 1.29 is 18.0 Å². The summed E-state index contributed by atoms with van der Waals surface area (Å²) in [5.74, 6) is -0.507. The molecule has 2 amide bonds. The molecule has 0 bridgehead atoms. The van der Waals surface area contributed by atoms with E-state index >= 15 is 0 Å². The molecule has 2 fully saturated rings. The number of thioether (sulfide) groups is 1. The number of sulfone groups is 1. The van der Waals surface area contributed by atoms with Crippen LogP contribution in [0.2, 0.25) is 0 Å². The lowest BCUT2D eigenvalue weighted by Gasteiger charge is -2.36. The number of amides is 2. The summed E-state index contributed by atoms with van der Waals surface area (Å²) in [6.07, 6.45) is 3.12. The number of nitrogens with one attached hydrogen (secondary N) is 1. The first-order chi connectivity index (χ1) is 16.7. The first kappa shape index (κ1) is 27.5. The Morgan fingerprint density at radius 1 is 1.11 bits per heavy atom. The Morgan fingerprint density at radius 2 is 1.77 bits per heavy atom. The third-order valence-electron chi connectivity index (χ3n) is 6.96. The van der Waals surface area contributed by atoms with Gasteiger partial charge in [0.15, 0.2) is 9.84 Å². The average Bonchev–Trinajstić information content (AvgIpc) is 2.86. The predicted octanol–water partition coefficient (Wildman–Crippen LogP) is 2.55. The van der Waals surface area contributed by atoms with Crippen LogP contribution in [0.3, 0.4) is 0 Å². The molecule has 0 aromatic heterocycles. The first-order valence-electron chi connectivity index (χ1n) is 12.3. The lowest BCUT2D eigenvalue weighted by atomic mass is 9.80. The third-order valence-corrected chi connectivity index (χ3v) is 9.82. The molecule has 10 heteroatoms. The van der Waals surface area contributed by atoms with Crippen molar-refractivity contribution in [2.24, 2.45) is 11.8 Å². The van der Waals surface area contributed by atoms with Crippen LogP contribution in [0.1, 0.15) is 39.5 Å². The van der Waals surface area contributed by atoms with Crippen molar-refractivity contribution in [3.8, 4) is 6.07 Å². The minimum atomic E-state index is -3.56. The van der Waals surface area contributed by atoms with Crippen molar-refractivity contribution in [3.05, 3.63) is 24.3 Å². The molecule has 0 unspecified atom stereocenters. The molecular weight excluding hydrogens is 484 g/mol. The largest absolute Gasteiger partial charge is 0.343 e. The van der Waals surface area contributed by atoms with Crippen LogP contribution in [0.15, 0.2) is 34.1 Å². The number of rotatable bonds is 9. The third kappa shape index (κ3) is 7.69. The average molecular weight is 521 g/mol. The molecule has 3 rings (SSSR count). The van der Waals surface area contributed by atoms with Crippen LogP contribution >= 0.6 is 11.8 Å². The van der Waals surface area contributed by atoms with Gasteiger partial charge in [-0.25, -0.2) is 8.42 Å². The Morgan fingerprint density at radius 3 is 2.40 bits per heavy atom.